The van der Waals surface area contributed by atoms with Crippen LogP contribution in [-0.4, -0.2) is 28.3 Å². The molecule has 0 bridgehead atoms. The van der Waals surface area contributed by atoms with Gasteiger partial charge in [0.15, 0.2) is 0 Å². The predicted octanol–water partition coefficient (Wildman–Crippen LogP) is 1.23. The van der Waals surface area contributed by atoms with E-state index in [4.69, 9.17) is 14.9 Å². The molecule has 0 atom stereocenters. The SMILES string of the molecule is CCCCOC(=O)c1cc(O)cc(O)c1.O. The molecule has 0 aliphatic heterocycles. The quantitative estimate of drug-likeness (QED) is 0.598. The lowest BCUT2D eigenvalue weighted by Crippen LogP contribution is -2.05. The molecular formula is C11H16O5. The minimum absolute atomic E-state index is 0. The number of hydrogen-bond acceptors (Lipinski definition) is 4. The zero-order valence-electron chi connectivity index (χ0n) is 9.06. The van der Waals surface area contributed by atoms with Gasteiger partial charge in [0, 0.05) is 6.07 Å². The zero-order valence-corrected chi connectivity index (χ0v) is 9.06. The number of carbonyl (C=O) groups is 1. The Kier molecular flexibility index (Phi) is 5.95. The predicted molar refractivity (Wildman–Crippen MR) is 58.6 cm³/mol. The Bertz CT molecular complexity index is 328. The molecule has 16 heavy (non-hydrogen) atoms. The Labute approximate surface area is 93.6 Å². The van der Waals surface area contributed by atoms with E-state index in [9.17, 15) is 4.79 Å². The number of unbranched alkanes of at least 4 members (excludes halogenated alkanes) is 1. The highest BCUT2D eigenvalue weighted by molar-refractivity contribution is 5.90. The van der Waals surface area contributed by atoms with E-state index >= 15 is 0 Å². The molecule has 0 spiro atoms. The van der Waals surface area contributed by atoms with Crippen molar-refractivity contribution in [3.05, 3.63) is 23.8 Å². The minimum Gasteiger partial charge on any atom is -0.508 e. The van der Waals surface area contributed by atoms with Crippen LogP contribution < -0.4 is 0 Å². The summed E-state index contributed by atoms with van der Waals surface area (Å²) in [6.07, 6.45) is 1.75. The Balaban J connectivity index is 0.00000225. The van der Waals surface area contributed by atoms with Gasteiger partial charge in [-0.25, -0.2) is 4.79 Å². The van der Waals surface area contributed by atoms with Crippen LogP contribution in [0.3, 0.4) is 0 Å². The zero-order chi connectivity index (χ0) is 11.3. The van der Waals surface area contributed by atoms with E-state index in [1.165, 1.54) is 12.1 Å². The summed E-state index contributed by atoms with van der Waals surface area (Å²) in [5.41, 5.74) is 0.156. The maximum Gasteiger partial charge on any atom is 0.338 e. The molecule has 5 nitrogen and oxygen atoms in total. The lowest BCUT2D eigenvalue weighted by atomic mass is 10.2. The summed E-state index contributed by atoms with van der Waals surface area (Å²) in [5.74, 6) is -0.843. The van der Waals surface area contributed by atoms with Crippen LogP contribution in [0.4, 0.5) is 0 Å². The van der Waals surface area contributed by atoms with Gasteiger partial charge in [-0.05, 0) is 18.6 Å². The van der Waals surface area contributed by atoms with Crippen molar-refractivity contribution >= 4 is 5.97 Å². The first-order chi connectivity index (χ1) is 7.13. The van der Waals surface area contributed by atoms with E-state index in [2.05, 4.69) is 0 Å². The van der Waals surface area contributed by atoms with Crippen molar-refractivity contribution in [1.82, 2.24) is 0 Å². The van der Waals surface area contributed by atoms with E-state index in [0.717, 1.165) is 18.9 Å². The van der Waals surface area contributed by atoms with Crippen LogP contribution in [0.2, 0.25) is 0 Å². The van der Waals surface area contributed by atoms with Crippen molar-refractivity contribution in [2.45, 2.75) is 19.8 Å². The molecule has 1 rings (SSSR count). The fourth-order valence-corrected chi connectivity index (χ4v) is 1.11. The third-order valence-electron chi connectivity index (χ3n) is 1.87. The van der Waals surface area contributed by atoms with Crippen molar-refractivity contribution in [1.29, 1.82) is 0 Å². The number of benzene rings is 1. The number of esters is 1. The fraction of sp³-hybridized carbons (Fsp3) is 0.364. The van der Waals surface area contributed by atoms with Crippen LogP contribution in [0, 0.1) is 0 Å². The molecule has 0 fully saturated rings. The molecule has 0 aliphatic rings. The Morgan fingerprint density at radius 1 is 1.25 bits per heavy atom. The van der Waals surface area contributed by atoms with E-state index < -0.39 is 5.97 Å². The van der Waals surface area contributed by atoms with Crippen molar-refractivity contribution < 1.29 is 25.2 Å². The number of aromatic hydroxyl groups is 2. The minimum atomic E-state index is -0.533. The van der Waals surface area contributed by atoms with Crippen molar-refractivity contribution in [2.24, 2.45) is 0 Å². The topological polar surface area (TPSA) is 98.3 Å². The molecule has 1 aromatic rings. The molecule has 1 aromatic carbocycles. The van der Waals surface area contributed by atoms with Crippen LogP contribution >= 0.6 is 0 Å². The van der Waals surface area contributed by atoms with Crippen molar-refractivity contribution in [3.8, 4) is 11.5 Å². The molecule has 0 aromatic heterocycles. The molecule has 90 valence electrons. The summed E-state index contributed by atoms with van der Waals surface area (Å²) in [7, 11) is 0. The van der Waals surface area contributed by atoms with E-state index in [1.54, 1.807) is 0 Å². The fourth-order valence-electron chi connectivity index (χ4n) is 1.11. The van der Waals surface area contributed by atoms with Gasteiger partial charge in [-0.2, -0.15) is 0 Å². The lowest BCUT2D eigenvalue weighted by molar-refractivity contribution is 0.0499. The summed E-state index contributed by atoms with van der Waals surface area (Å²) >= 11 is 0. The maximum absolute atomic E-state index is 11.4. The molecular weight excluding hydrogens is 212 g/mol. The average molecular weight is 228 g/mol. The molecule has 0 amide bonds. The number of phenols is 2. The van der Waals surface area contributed by atoms with Gasteiger partial charge in [-0.15, -0.1) is 0 Å². The normalized spacial score (nSPS) is 9.31. The average Bonchev–Trinajstić information content (AvgIpc) is 2.16. The van der Waals surface area contributed by atoms with Crippen LogP contribution in [0.15, 0.2) is 18.2 Å². The molecule has 4 N–H and O–H groups in total. The van der Waals surface area contributed by atoms with Gasteiger partial charge in [0.1, 0.15) is 11.5 Å². The Hall–Kier alpha value is -1.75. The number of carbonyl (C=O) groups excluding carboxylic acids is 1. The number of rotatable bonds is 4. The summed E-state index contributed by atoms with van der Waals surface area (Å²) in [6, 6.07) is 3.67. The summed E-state index contributed by atoms with van der Waals surface area (Å²) < 4.78 is 4.92. The largest absolute Gasteiger partial charge is 0.508 e. The lowest BCUT2D eigenvalue weighted by Gasteiger charge is -2.04. The van der Waals surface area contributed by atoms with Crippen LogP contribution in [0.5, 0.6) is 11.5 Å². The highest BCUT2D eigenvalue weighted by Crippen LogP contribution is 2.20. The molecule has 0 saturated heterocycles. The highest BCUT2D eigenvalue weighted by Gasteiger charge is 2.09. The second-order valence-corrected chi connectivity index (χ2v) is 3.23. The van der Waals surface area contributed by atoms with Crippen LogP contribution in [0.1, 0.15) is 30.1 Å². The number of hydrogen-bond donors (Lipinski definition) is 2. The van der Waals surface area contributed by atoms with E-state index in [0.29, 0.717) is 6.61 Å². The molecule has 0 aliphatic carbocycles. The van der Waals surface area contributed by atoms with Gasteiger partial charge in [0.2, 0.25) is 0 Å². The third kappa shape index (κ3) is 4.18. The Morgan fingerprint density at radius 2 is 1.81 bits per heavy atom. The number of phenolic OH excluding ortho intramolecular Hbond substituents is 2. The standard InChI is InChI=1S/C11H14O4.H2O/c1-2-3-4-15-11(14)8-5-9(12)7-10(13)6-8;/h5-7,12-13H,2-4H2,1H3;1H2. The first-order valence-electron chi connectivity index (χ1n) is 4.83. The summed E-state index contributed by atoms with van der Waals surface area (Å²) in [6.45, 7) is 2.35. The van der Waals surface area contributed by atoms with E-state index in [1.807, 2.05) is 6.92 Å². The van der Waals surface area contributed by atoms with Crippen molar-refractivity contribution in [2.75, 3.05) is 6.61 Å². The molecule has 0 unspecified atom stereocenters. The van der Waals surface area contributed by atoms with Crippen LogP contribution in [0.25, 0.3) is 0 Å². The number of ether oxygens (including phenoxy) is 1. The summed E-state index contributed by atoms with van der Waals surface area (Å²) in [4.78, 5) is 11.4. The highest BCUT2D eigenvalue weighted by atomic mass is 16.5. The van der Waals surface area contributed by atoms with Crippen LogP contribution in [-0.2, 0) is 4.74 Å². The maximum atomic E-state index is 11.4. The molecule has 0 heterocycles. The summed E-state index contributed by atoms with van der Waals surface area (Å²) in [5, 5.41) is 18.3. The van der Waals surface area contributed by atoms with Gasteiger partial charge >= 0.3 is 5.97 Å². The van der Waals surface area contributed by atoms with Crippen molar-refractivity contribution in [3.63, 3.8) is 0 Å². The monoisotopic (exact) mass is 228 g/mol. The van der Waals surface area contributed by atoms with Gasteiger partial charge in [-0.1, -0.05) is 13.3 Å². The third-order valence-corrected chi connectivity index (χ3v) is 1.87. The first kappa shape index (κ1) is 14.2. The Morgan fingerprint density at radius 3 is 2.31 bits per heavy atom. The molecule has 0 saturated carbocycles. The van der Waals surface area contributed by atoms with E-state index in [-0.39, 0.29) is 22.5 Å². The second-order valence-electron chi connectivity index (χ2n) is 3.23. The van der Waals surface area contributed by atoms with Gasteiger partial charge in [-0.3, -0.25) is 0 Å². The molecule has 0 radical (unpaired) electrons. The smallest absolute Gasteiger partial charge is 0.338 e. The van der Waals surface area contributed by atoms with Gasteiger partial charge < -0.3 is 20.4 Å². The molecule has 5 heteroatoms. The van der Waals surface area contributed by atoms with Gasteiger partial charge in [0.05, 0.1) is 12.2 Å². The second kappa shape index (κ2) is 6.68. The van der Waals surface area contributed by atoms with Gasteiger partial charge in [0.25, 0.3) is 0 Å². The first-order valence-corrected chi connectivity index (χ1v) is 4.83.